The van der Waals surface area contributed by atoms with Crippen LogP contribution in [0.3, 0.4) is 0 Å². The first-order valence-corrected chi connectivity index (χ1v) is 6.93. The molecule has 0 saturated carbocycles. The van der Waals surface area contributed by atoms with Crippen LogP contribution in [0, 0.1) is 6.92 Å². The first-order valence-electron chi connectivity index (χ1n) is 6.93. The summed E-state index contributed by atoms with van der Waals surface area (Å²) < 4.78 is 1.94. The summed E-state index contributed by atoms with van der Waals surface area (Å²) in [6.07, 6.45) is 1.64. The van der Waals surface area contributed by atoms with Gasteiger partial charge in [-0.3, -0.25) is 9.48 Å². The highest BCUT2D eigenvalue weighted by Gasteiger charge is 2.12. The highest BCUT2D eigenvalue weighted by molar-refractivity contribution is 5.91. The average molecular weight is 283 g/mol. The molecule has 108 valence electrons. The summed E-state index contributed by atoms with van der Waals surface area (Å²) >= 11 is 0. The number of nitrogens with zero attached hydrogens (tertiary/aromatic N) is 3. The number of hydrogen-bond donors (Lipinski definition) is 2. The zero-order valence-electron chi connectivity index (χ0n) is 12.1. The topological polar surface area (TPSA) is 75.6 Å². The van der Waals surface area contributed by atoms with Crippen molar-refractivity contribution in [3.8, 4) is 0 Å². The van der Waals surface area contributed by atoms with Gasteiger partial charge in [-0.15, -0.1) is 0 Å². The molecule has 0 fully saturated rings. The lowest BCUT2D eigenvalue weighted by atomic mass is 10.2. The SMILES string of the molecule is CCn1nc(CNC(=O)c2ncc(C)[nH]2)c2ccccc21. The summed E-state index contributed by atoms with van der Waals surface area (Å²) in [7, 11) is 0. The van der Waals surface area contributed by atoms with E-state index in [1.165, 1.54) is 0 Å². The van der Waals surface area contributed by atoms with Crippen molar-refractivity contribution in [3.63, 3.8) is 0 Å². The molecule has 3 rings (SSSR count). The minimum atomic E-state index is -0.224. The number of para-hydroxylation sites is 1. The largest absolute Gasteiger partial charge is 0.344 e. The maximum atomic E-state index is 12.0. The van der Waals surface area contributed by atoms with Gasteiger partial charge in [-0.1, -0.05) is 18.2 Å². The van der Waals surface area contributed by atoms with Gasteiger partial charge >= 0.3 is 0 Å². The first-order chi connectivity index (χ1) is 10.2. The molecular weight excluding hydrogens is 266 g/mol. The number of nitrogens with one attached hydrogen (secondary N) is 2. The van der Waals surface area contributed by atoms with E-state index in [0.29, 0.717) is 12.4 Å². The molecule has 0 atom stereocenters. The Morgan fingerprint density at radius 2 is 2.19 bits per heavy atom. The van der Waals surface area contributed by atoms with E-state index >= 15 is 0 Å². The van der Waals surface area contributed by atoms with Crippen LogP contribution in [0.4, 0.5) is 0 Å². The lowest BCUT2D eigenvalue weighted by Gasteiger charge is -2.01. The number of H-pyrrole nitrogens is 1. The van der Waals surface area contributed by atoms with E-state index in [9.17, 15) is 4.79 Å². The van der Waals surface area contributed by atoms with Gasteiger partial charge in [0.1, 0.15) is 0 Å². The molecule has 2 aromatic heterocycles. The van der Waals surface area contributed by atoms with Crippen molar-refractivity contribution in [3.05, 3.63) is 47.7 Å². The van der Waals surface area contributed by atoms with Gasteiger partial charge in [0, 0.05) is 23.8 Å². The van der Waals surface area contributed by atoms with Crippen LogP contribution >= 0.6 is 0 Å². The number of aromatic nitrogens is 4. The summed E-state index contributed by atoms with van der Waals surface area (Å²) in [4.78, 5) is 18.9. The fourth-order valence-corrected chi connectivity index (χ4v) is 2.34. The minimum absolute atomic E-state index is 0.224. The van der Waals surface area contributed by atoms with E-state index in [2.05, 4.69) is 20.4 Å². The molecule has 21 heavy (non-hydrogen) atoms. The minimum Gasteiger partial charge on any atom is -0.344 e. The second kappa shape index (κ2) is 5.40. The Morgan fingerprint density at radius 1 is 1.38 bits per heavy atom. The number of amides is 1. The predicted molar refractivity (Wildman–Crippen MR) is 79.9 cm³/mol. The van der Waals surface area contributed by atoms with E-state index in [4.69, 9.17) is 0 Å². The number of aryl methyl sites for hydroxylation is 2. The zero-order valence-corrected chi connectivity index (χ0v) is 12.1. The Morgan fingerprint density at radius 3 is 2.90 bits per heavy atom. The zero-order chi connectivity index (χ0) is 14.8. The monoisotopic (exact) mass is 283 g/mol. The smallest absolute Gasteiger partial charge is 0.287 e. The molecule has 6 nitrogen and oxygen atoms in total. The molecule has 0 radical (unpaired) electrons. The van der Waals surface area contributed by atoms with Crippen molar-refractivity contribution in [1.82, 2.24) is 25.1 Å². The first kappa shape index (κ1) is 13.4. The normalized spacial score (nSPS) is 11.0. The van der Waals surface area contributed by atoms with Crippen LogP contribution in [0.25, 0.3) is 10.9 Å². The van der Waals surface area contributed by atoms with E-state index in [0.717, 1.165) is 28.8 Å². The molecule has 0 aliphatic rings. The van der Waals surface area contributed by atoms with Crippen LogP contribution in [-0.2, 0) is 13.1 Å². The molecule has 0 spiro atoms. The van der Waals surface area contributed by atoms with Crippen molar-refractivity contribution < 1.29 is 4.79 Å². The Balaban J connectivity index is 1.81. The van der Waals surface area contributed by atoms with Gasteiger partial charge in [-0.05, 0) is 19.9 Å². The Labute approximate surface area is 122 Å². The second-order valence-corrected chi connectivity index (χ2v) is 4.88. The highest BCUT2D eigenvalue weighted by atomic mass is 16.2. The molecule has 0 aliphatic carbocycles. The van der Waals surface area contributed by atoms with Crippen LogP contribution < -0.4 is 5.32 Å². The molecule has 0 unspecified atom stereocenters. The molecule has 1 amide bonds. The summed E-state index contributed by atoms with van der Waals surface area (Å²) in [6, 6.07) is 8.02. The number of benzene rings is 1. The Kier molecular flexibility index (Phi) is 3.43. The van der Waals surface area contributed by atoms with E-state index in [1.807, 2.05) is 42.8 Å². The molecular formula is C15H17N5O. The molecule has 2 N–H and O–H groups in total. The number of hydrogen-bond acceptors (Lipinski definition) is 3. The summed E-state index contributed by atoms with van der Waals surface area (Å²) in [5, 5.41) is 8.46. The fourth-order valence-electron chi connectivity index (χ4n) is 2.34. The van der Waals surface area contributed by atoms with Crippen molar-refractivity contribution >= 4 is 16.8 Å². The van der Waals surface area contributed by atoms with Crippen molar-refractivity contribution in [1.29, 1.82) is 0 Å². The van der Waals surface area contributed by atoms with Crippen molar-refractivity contribution in [2.45, 2.75) is 26.9 Å². The number of carbonyl (C=O) groups is 1. The van der Waals surface area contributed by atoms with Gasteiger partial charge in [0.25, 0.3) is 5.91 Å². The average Bonchev–Trinajstić information content (AvgIpc) is 3.09. The van der Waals surface area contributed by atoms with Gasteiger partial charge in [0.05, 0.1) is 17.8 Å². The summed E-state index contributed by atoms with van der Waals surface area (Å²) in [6.45, 7) is 5.09. The Hall–Kier alpha value is -2.63. The summed E-state index contributed by atoms with van der Waals surface area (Å²) in [5.41, 5.74) is 2.81. The number of aromatic amines is 1. The lowest BCUT2D eigenvalue weighted by Crippen LogP contribution is -2.24. The van der Waals surface area contributed by atoms with Crippen molar-refractivity contribution in [2.75, 3.05) is 0 Å². The standard InChI is InChI=1S/C15H17N5O/c1-3-20-13-7-5-4-6-11(13)12(19-20)9-17-15(21)14-16-8-10(2)18-14/h4-8H,3,9H2,1-2H3,(H,16,18)(H,17,21). The number of imidazole rings is 1. The van der Waals surface area contributed by atoms with Crippen molar-refractivity contribution in [2.24, 2.45) is 0 Å². The lowest BCUT2D eigenvalue weighted by molar-refractivity contribution is 0.0941. The number of fused-ring (bicyclic) bond motifs is 1. The van der Waals surface area contributed by atoms with E-state index in [1.54, 1.807) is 6.20 Å². The second-order valence-electron chi connectivity index (χ2n) is 4.88. The quantitative estimate of drug-likeness (QED) is 0.769. The van der Waals surface area contributed by atoms with Crippen LogP contribution in [0.15, 0.2) is 30.5 Å². The third-order valence-corrected chi connectivity index (χ3v) is 3.37. The molecule has 3 aromatic rings. The van der Waals surface area contributed by atoms with E-state index < -0.39 is 0 Å². The third kappa shape index (κ3) is 2.52. The van der Waals surface area contributed by atoms with Gasteiger partial charge in [-0.2, -0.15) is 5.10 Å². The maximum Gasteiger partial charge on any atom is 0.287 e. The van der Waals surface area contributed by atoms with Crippen LogP contribution in [0.1, 0.15) is 28.9 Å². The van der Waals surface area contributed by atoms with Gasteiger partial charge < -0.3 is 10.3 Å². The molecule has 6 heteroatoms. The highest BCUT2D eigenvalue weighted by Crippen LogP contribution is 2.18. The van der Waals surface area contributed by atoms with Gasteiger partial charge in [0.15, 0.2) is 5.82 Å². The number of carbonyl (C=O) groups excluding carboxylic acids is 1. The van der Waals surface area contributed by atoms with Crippen LogP contribution in [0.5, 0.6) is 0 Å². The van der Waals surface area contributed by atoms with Crippen LogP contribution in [-0.4, -0.2) is 25.7 Å². The third-order valence-electron chi connectivity index (χ3n) is 3.37. The molecule has 2 heterocycles. The Bertz CT molecular complexity index is 786. The predicted octanol–water partition coefficient (Wildman–Crippen LogP) is 2.02. The molecule has 1 aromatic carbocycles. The van der Waals surface area contributed by atoms with Gasteiger partial charge in [-0.25, -0.2) is 4.98 Å². The molecule has 0 aliphatic heterocycles. The fraction of sp³-hybridized carbons (Fsp3) is 0.267. The van der Waals surface area contributed by atoms with Crippen LogP contribution in [0.2, 0.25) is 0 Å². The van der Waals surface area contributed by atoms with E-state index in [-0.39, 0.29) is 5.91 Å². The summed E-state index contributed by atoms with van der Waals surface area (Å²) in [5.74, 6) is 0.102. The van der Waals surface area contributed by atoms with Gasteiger partial charge in [0.2, 0.25) is 0 Å². The molecule has 0 saturated heterocycles. The maximum absolute atomic E-state index is 12.0. The number of rotatable bonds is 4. The molecule has 0 bridgehead atoms.